The molecule has 0 aliphatic carbocycles. The number of rotatable bonds is 5. The van der Waals surface area contributed by atoms with E-state index in [0.29, 0.717) is 12.1 Å². The Hall–Kier alpha value is -2.14. The molecule has 21 heavy (non-hydrogen) atoms. The van der Waals surface area contributed by atoms with Crippen LogP contribution < -0.4 is 10.6 Å². The fraction of sp³-hybridized carbons (Fsp3) is 0.125. The largest absolute Gasteiger partial charge is 0.353 e. The third-order valence-corrected chi connectivity index (χ3v) is 3.47. The fourth-order valence-electron chi connectivity index (χ4n) is 1.78. The first kappa shape index (κ1) is 15.3. The van der Waals surface area contributed by atoms with E-state index in [1.807, 2.05) is 25.1 Å². The highest BCUT2D eigenvalue weighted by Gasteiger charge is 2.07. The van der Waals surface area contributed by atoms with Crippen LogP contribution in [0, 0.1) is 6.92 Å². The Bertz CT molecular complexity index is 670. The van der Waals surface area contributed by atoms with Gasteiger partial charge in [0.25, 0.3) is 5.91 Å². The summed E-state index contributed by atoms with van der Waals surface area (Å²) in [4.78, 5) is 16.0. The molecule has 0 atom stereocenters. The smallest absolute Gasteiger partial charge is 0.253 e. The number of pyridine rings is 1. The molecule has 0 unspecified atom stereocenters. The first-order valence-electron chi connectivity index (χ1n) is 6.47. The summed E-state index contributed by atoms with van der Waals surface area (Å²) in [7, 11) is 0. The fourth-order valence-corrected chi connectivity index (χ4v) is 2.37. The van der Waals surface area contributed by atoms with Crippen LogP contribution in [0.2, 0.25) is 0 Å². The van der Waals surface area contributed by atoms with Crippen LogP contribution in [-0.2, 0) is 0 Å². The Kier molecular flexibility index (Phi) is 5.11. The van der Waals surface area contributed by atoms with E-state index in [-0.39, 0.29) is 5.91 Å². The lowest BCUT2D eigenvalue weighted by Crippen LogP contribution is -2.23. The Morgan fingerprint density at radius 1 is 1.38 bits per heavy atom. The molecule has 1 amide bonds. The van der Waals surface area contributed by atoms with Crippen LogP contribution >= 0.6 is 15.9 Å². The van der Waals surface area contributed by atoms with Gasteiger partial charge in [-0.05, 0) is 46.6 Å². The number of halogens is 1. The van der Waals surface area contributed by atoms with Crippen molar-refractivity contribution in [1.29, 1.82) is 0 Å². The molecule has 2 aromatic rings. The van der Waals surface area contributed by atoms with Gasteiger partial charge in [-0.1, -0.05) is 12.1 Å². The van der Waals surface area contributed by atoms with Gasteiger partial charge in [-0.2, -0.15) is 0 Å². The highest BCUT2D eigenvalue weighted by Crippen LogP contribution is 2.26. The van der Waals surface area contributed by atoms with E-state index in [1.54, 1.807) is 18.3 Å². The van der Waals surface area contributed by atoms with Crippen molar-refractivity contribution in [2.45, 2.75) is 6.92 Å². The summed E-state index contributed by atoms with van der Waals surface area (Å²) in [5, 5.41) is 5.97. The summed E-state index contributed by atoms with van der Waals surface area (Å²) in [6, 6.07) is 7.78. The van der Waals surface area contributed by atoms with E-state index in [0.717, 1.165) is 15.8 Å². The molecule has 0 spiro atoms. The molecule has 1 aromatic heterocycles. The second-order valence-electron chi connectivity index (χ2n) is 4.57. The summed E-state index contributed by atoms with van der Waals surface area (Å²) in [6.07, 6.45) is 4.85. The average Bonchev–Trinajstić information content (AvgIpc) is 2.48. The van der Waals surface area contributed by atoms with E-state index in [2.05, 4.69) is 38.1 Å². The highest BCUT2D eigenvalue weighted by molar-refractivity contribution is 9.10. The SMILES string of the molecule is C=CCNC(=O)c1cncc(Nc2ccc(C)cc2Br)c1. The number of nitrogens with zero attached hydrogens (tertiary/aromatic N) is 1. The summed E-state index contributed by atoms with van der Waals surface area (Å²) in [5.41, 5.74) is 3.35. The van der Waals surface area contributed by atoms with Crippen LogP contribution in [0.3, 0.4) is 0 Å². The maximum atomic E-state index is 11.9. The number of nitrogens with one attached hydrogen (secondary N) is 2. The summed E-state index contributed by atoms with van der Waals surface area (Å²) >= 11 is 3.51. The van der Waals surface area contributed by atoms with Crippen molar-refractivity contribution >= 4 is 33.2 Å². The molecular weight excluding hydrogens is 330 g/mol. The number of carbonyl (C=O) groups excluding carboxylic acids is 1. The van der Waals surface area contributed by atoms with Crippen molar-refractivity contribution in [1.82, 2.24) is 10.3 Å². The molecule has 0 bridgehead atoms. The minimum Gasteiger partial charge on any atom is -0.353 e. The van der Waals surface area contributed by atoms with Gasteiger partial charge < -0.3 is 10.6 Å². The lowest BCUT2D eigenvalue weighted by molar-refractivity contribution is 0.0957. The molecule has 0 aliphatic rings. The van der Waals surface area contributed by atoms with E-state index in [4.69, 9.17) is 0 Å². The molecule has 0 saturated carbocycles. The average molecular weight is 346 g/mol. The van der Waals surface area contributed by atoms with E-state index < -0.39 is 0 Å². The van der Waals surface area contributed by atoms with Crippen LogP contribution in [-0.4, -0.2) is 17.4 Å². The van der Waals surface area contributed by atoms with Crippen LogP contribution in [0.25, 0.3) is 0 Å². The maximum Gasteiger partial charge on any atom is 0.253 e. The van der Waals surface area contributed by atoms with Crippen LogP contribution in [0.4, 0.5) is 11.4 Å². The van der Waals surface area contributed by atoms with Gasteiger partial charge in [-0.25, -0.2) is 0 Å². The number of aryl methyl sites for hydroxylation is 1. The number of amides is 1. The zero-order chi connectivity index (χ0) is 15.2. The quantitative estimate of drug-likeness (QED) is 0.810. The van der Waals surface area contributed by atoms with Gasteiger partial charge in [-0.3, -0.25) is 9.78 Å². The Morgan fingerprint density at radius 2 is 2.19 bits per heavy atom. The first-order chi connectivity index (χ1) is 10.1. The lowest BCUT2D eigenvalue weighted by Gasteiger charge is -2.10. The molecule has 5 heteroatoms. The van der Waals surface area contributed by atoms with Gasteiger partial charge in [0.1, 0.15) is 0 Å². The molecule has 4 nitrogen and oxygen atoms in total. The zero-order valence-electron chi connectivity index (χ0n) is 11.7. The van der Waals surface area contributed by atoms with Gasteiger partial charge in [0.2, 0.25) is 0 Å². The molecule has 2 N–H and O–H groups in total. The summed E-state index contributed by atoms with van der Waals surface area (Å²) in [6.45, 7) is 6.03. The lowest BCUT2D eigenvalue weighted by atomic mass is 10.2. The molecule has 108 valence electrons. The summed E-state index contributed by atoms with van der Waals surface area (Å²) in [5.74, 6) is -0.172. The van der Waals surface area contributed by atoms with E-state index in [9.17, 15) is 4.79 Å². The summed E-state index contributed by atoms with van der Waals surface area (Å²) < 4.78 is 0.962. The molecular formula is C16H16BrN3O. The minimum absolute atomic E-state index is 0.172. The first-order valence-corrected chi connectivity index (χ1v) is 7.27. The van der Waals surface area contributed by atoms with Gasteiger partial charge in [0.15, 0.2) is 0 Å². The van der Waals surface area contributed by atoms with Crippen molar-refractivity contribution in [2.24, 2.45) is 0 Å². The van der Waals surface area contributed by atoms with Crippen LogP contribution in [0.1, 0.15) is 15.9 Å². The highest BCUT2D eigenvalue weighted by atomic mass is 79.9. The standard InChI is InChI=1S/C16H16BrN3O/c1-3-6-19-16(21)12-8-13(10-18-9-12)20-15-5-4-11(2)7-14(15)17/h3-5,7-10,20H,1,6H2,2H3,(H,19,21). The number of benzene rings is 1. The van der Waals surface area contributed by atoms with Crippen LogP contribution in [0.5, 0.6) is 0 Å². The molecule has 0 fully saturated rings. The molecule has 0 aliphatic heterocycles. The van der Waals surface area contributed by atoms with Crippen LogP contribution in [0.15, 0.2) is 53.8 Å². The van der Waals surface area contributed by atoms with Crippen molar-refractivity contribution in [3.63, 3.8) is 0 Å². The van der Waals surface area contributed by atoms with Gasteiger partial charge in [-0.15, -0.1) is 6.58 Å². The van der Waals surface area contributed by atoms with Gasteiger partial charge in [0.05, 0.1) is 23.1 Å². The molecule has 2 rings (SSSR count). The number of carbonyl (C=O) groups is 1. The van der Waals surface area contributed by atoms with Crippen molar-refractivity contribution in [3.05, 3.63) is 64.9 Å². The molecule has 1 heterocycles. The Labute approximate surface area is 132 Å². The Morgan fingerprint density at radius 3 is 2.90 bits per heavy atom. The van der Waals surface area contributed by atoms with E-state index in [1.165, 1.54) is 11.8 Å². The third kappa shape index (κ3) is 4.16. The Balaban J connectivity index is 2.17. The van der Waals surface area contributed by atoms with Crippen molar-refractivity contribution < 1.29 is 4.79 Å². The second kappa shape index (κ2) is 7.04. The third-order valence-electron chi connectivity index (χ3n) is 2.81. The molecule has 0 radical (unpaired) electrons. The van der Waals surface area contributed by atoms with Crippen molar-refractivity contribution in [3.8, 4) is 0 Å². The molecule has 1 aromatic carbocycles. The number of anilines is 2. The maximum absolute atomic E-state index is 11.9. The minimum atomic E-state index is -0.172. The van der Waals surface area contributed by atoms with E-state index >= 15 is 0 Å². The predicted molar refractivity (Wildman–Crippen MR) is 88.9 cm³/mol. The molecule has 0 saturated heterocycles. The number of hydrogen-bond donors (Lipinski definition) is 2. The topological polar surface area (TPSA) is 54.0 Å². The second-order valence-corrected chi connectivity index (χ2v) is 5.42. The number of aromatic nitrogens is 1. The van der Waals surface area contributed by atoms with Gasteiger partial charge >= 0.3 is 0 Å². The zero-order valence-corrected chi connectivity index (χ0v) is 13.3. The number of hydrogen-bond acceptors (Lipinski definition) is 3. The monoisotopic (exact) mass is 345 g/mol. The normalized spacial score (nSPS) is 10.0. The van der Waals surface area contributed by atoms with Gasteiger partial charge in [0, 0.05) is 17.2 Å². The predicted octanol–water partition coefficient (Wildman–Crippen LogP) is 3.81. The van der Waals surface area contributed by atoms with Crippen molar-refractivity contribution in [2.75, 3.05) is 11.9 Å².